The summed E-state index contributed by atoms with van der Waals surface area (Å²) in [5.74, 6) is 1.37. The van der Waals surface area contributed by atoms with Gasteiger partial charge in [-0.1, -0.05) is 36.4 Å². The number of aryl methyl sites for hydroxylation is 1. The highest BCUT2D eigenvalue weighted by Gasteiger charge is 2.02. The predicted molar refractivity (Wildman–Crippen MR) is 109 cm³/mol. The molecule has 2 aromatic carbocycles. The molecule has 1 aromatic heterocycles. The molecular formula is C21H23N5O. The number of amides is 1. The molecule has 0 bridgehead atoms. The van der Waals surface area contributed by atoms with Gasteiger partial charge in [0.05, 0.1) is 0 Å². The van der Waals surface area contributed by atoms with Crippen LogP contribution in [0, 0.1) is 0 Å². The van der Waals surface area contributed by atoms with Gasteiger partial charge in [0.15, 0.2) is 0 Å². The van der Waals surface area contributed by atoms with Gasteiger partial charge >= 0.3 is 0 Å². The van der Waals surface area contributed by atoms with Crippen molar-refractivity contribution < 1.29 is 4.79 Å². The van der Waals surface area contributed by atoms with Gasteiger partial charge in [-0.3, -0.25) is 4.79 Å². The van der Waals surface area contributed by atoms with Crippen molar-refractivity contribution in [1.29, 1.82) is 0 Å². The van der Waals surface area contributed by atoms with Crippen LogP contribution in [0.5, 0.6) is 0 Å². The van der Waals surface area contributed by atoms with Crippen LogP contribution >= 0.6 is 0 Å². The summed E-state index contributed by atoms with van der Waals surface area (Å²) in [4.78, 5) is 19.7. The van der Waals surface area contributed by atoms with E-state index in [-0.39, 0.29) is 5.91 Å². The lowest BCUT2D eigenvalue weighted by molar-refractivity contribution is -0.114. The second-order valence-corrected chi connectivity index (χ2v) is 6.19. The van der Waals surface area contributed by atoms with E-state index in [1.807, 2.05) is 36.4 Å². The number of benzene rings is 2. The number of carbonyl (C=O) groups excluding carboxylic acids is 1. The van der Waals surface area contributed by atoms with Crippen molar-refractivity contribution in [3.63, 3.8) is 0 Å². The number of nitrogens with one attached hydrogen (secondary N) is 3. The van der Waals surface area contributed by atoms with Crippen LogP contribution < -0.4 is 16.0 Å². The van der Waals surface area contributed by atoms with Crippen LogP contribution in [0.3, 0.4) is 0 Å². The summed E-state index contributed by atoms with van der Waals surface area (Å²) in [5, 5.41) is 9.33. The third kappa shape index (κ3) is 6.11. The van der Waals surface area contributed by atoms with Gasteiger partial charge in [-0.05, 0) is 36.6 Å². The number of anilines is 4. The molecule has 0 unspecified atom stereocenters. The predicted octanol–water partition coefficient (Wildman–Crippen LogP) is 4.22. The second kappa shape index (κ2) is 9.33. The van der Waals surface area contributed by atoms with Crippen LogP contribution in [0.2, 0.25) is 0 Å². The Morgan fingerprint density at radius 3 is 2.52 bits per heavy atom. The topological polar surface area (TPSA) is 78.9 Å². The Labute approximate surface area is 159 Å². The maximum atomic E-state index is 11.2. The molecular weight excluding hydrogens is 338 g/mol. The van der Waals surface area contributed by atoms with Crippen molar-refractivity contribution in [3.8, 4) is 0 Å². The van der Waals surface area contributed by atoms with Crippen molar-refractivity contribution >= 4 is 28.9 Å². The van der Waals surface area contributed by atoms with Crippen LogP contribution in [0.4, 0.5) is 23.0 Å². The molecule has 0 radical (unpaired) electrons. The molecule has 6 nitrogen and oxygen atoms in total. The number of rotatable bonds is 8. The van der Waals surface area contributed by atoms with Gasteiger partial charge in [0.25, 0.3) is 0 Å². The molecule has 0 aliphatic heterocycles. The van der Waals surface area contributed by atoms with Crippen LogP contribution in [-0.2, 0) is 11.2 Å². The number of carbonyl (C=O) groups is 1. The Morgan fingerprint density at radius 2 is 1.70 bits per heavy atom. The molecule has 0 aliphatic rings. The largest absolute Gasteiger partial charge is 0.370 e. The molecule has 3 rings (SSSR count). The van der Waals surface area contributed by atoms with E-state index in [4.69, 9.17) is 0 Å². The van der Waals surface area contributed by atoms with Crippen molar-refractivity contribution in [2.45, 2.75) is 19.8 Å². The molecule has 3 aromatic rings. The lowest BCUT2D eigenvalue weighted by Crippen LogP contribution is -2.06. The van der Waals surface area contributed by atoms with Crippen LogP contribution in [0.15, 0.2) is 67.0 Å². The van der Waals surface area contributed by atoms with E-state index >= 15 is 0 Å². The van der Waals surface area contributed by atoms with Crippen molar-refractivity contribution in [1.82, 2.24) is 9.97 Å². The van der Waals surface area contributed by atoms with E-state index in [0.717, 1.165) is 36.6 Å². The molecule has 0 atom stereocenters. The number of nitrogens with zero attached hydrogens (tertiary/aromatic N) is 2. The molecule has 1 heterocycles. The average molecular weight is 361 g/mol. The molecule has 3 N–H and O–H groups in total. The lowest BCUT2D eigenvalue weighted by atomic mass is 10.1. The van der Waals surface area contributed by atoms with Gasteiger partial charge < -0.3 is 16.0 Å². The third-order valence-electron chi connectivity index (χ3n) is 3.91. The highest BCUT2D eigenvalue weighted by molar-refractivity contribution is 5.89. The van der Waals surface area contributed by atoms with Crippen molar-refractivity contribution in [2.75, 3.05) is 22.5 Å². The van der Waals surface area contributed by atoms with E-state index in [2.05, 4.69) is 50.2 Å². The number of hydrogen-bond acceptors (Lipinski definition) is 5. The normalized spacial score (nSPS) is 10.3. The zero-order chi connectivity index (χ0) is 18.9. The van der Waals surface area contributed by atoms with Crippen molar-refractivity contribution in [3.05, 3.63) is 72.6 Å². The first-order valence-corrected chi connectivity index (χ1v) is 8.93. The molecule has 138 valence electrons. The molecule has 0 saturated heterocycles. The first-order chi connectivity index (χ1) is 13.2. The fraction of sp³-hybridized carbons (Fsp3) is 0.190. The van der Waals surface area contributed by atoms with Gasteiger partial charge in [0, 0.05) is 30.9 Å². The van der Waals surface area contributed by atoms with Gasteiger partial charge in [-0.15, -0.1) is 0 Å². The standard InChI is InChI=1S/C21H23N5O/c1-16(27)25-18-10-5-11-19(13-18)26-21-14-20(23-15-24-21)22-12-6-9-17-7-3-2-4-8-17/h2-5,7-8,10-11,13-15H,6,9,12H2,1H3,(H,25,27)(H2,22,23,24,26). The van der Waals surface area contributed by atoms with E-state index in [1.165, 1.54) is 18.8 Å². The van der Waals surface area contributed by atoms with Crippen molar-refractivity contribution in [2.24, 2.45) is 0 Å². The van der Waals surface area contributed by atoms with Crippen LogP contribution in [0.1, 0.15) is 18.9 Å². The minimum Gasteiger partial charge on any atom is -0.370 e. The highest BCUT2D eigenvalue weighted by atomic mass is 16.1. The van der Waals surface area contributed by atoms with Gasteiger partial charge in [-0.25, -0.2) is 9.97 Å². The fourth-order valence-corrected chi connectivity index (χ4v) is 2.70. The van der Waals surface area contributed by atoms with E-state index in [0.29, 0.717) is 5.82 Å². The summed E-state index contributed by atoms with van der Waals surface area (Å²) < 4.78 is 0. The van der Waals surface area contributed by atoms with E-state index < -0.39 is 0 Å². The SMILES string of the molecule is CC(=O)Nc1cccc(Nc2cc(NCCCc3ccccc3)ncn2)c1. The molecule has 0 aliphatic carbocycles. The number of hydrogen-bond donors (Lipinski definition) is 3. The molecule has 0 saturated carbocycles. The molecule has 0 spiro atoms. The van der Waals surface area contributed by atoms with Gasteiger partial charge in [0.2, 0.25) is 5.91 Å². The Kier molecular flexibility index (Phi) is 6.35. The smallest absolute Gasteiger partial charge is 0.221 e. The minimum absolute atomic E-state index is 0.101. The first-order valence-electron chi connectivity index (χ1n) is 8.93. The molecule has 6 heteroatoms. The molecule has 27 heavy (non-hydrogen) atoms. The monoisotopic (exact) mass is 361 g/mol. The molecule has 1 amide bonds. The number of aromatic nitrogens is 2. The highest BCUT2D eigenvalue weighted by Crippen LogP contribution is 2.20. The Hall–Kier alpha value is -3.41. The third-order valence-corrected chi connectivity index (χ3v) is 3.91. The summed E-state index contributed by atoms with van der Waals surface area (Å²) >= 11 is 0. The van der Waals surface area contributed by atoms with E-state index in [1.54, 1.807) is 0 Å². The first kappa shape index (κ1) is 18.4. The summed E-state index contributed by atoms with van der Waals surface area (Å²) in [6, 6.07) is 19.8. The molecule has 0 fully saturated rings. The summed E-state index contributed by atoms with van der Waals surface area (Å²) in [5.41, 5.74) is 2.92. The summed E-state index contributed by atoms with van der Waals surface area (Å²) in [6.45, 7) is 2.32. The summed E-state index contributed by atoms with van der Waals surface area (Å²) in [6.07, 6.45) is 3.58. The Balaban J connectivity index is 1.53. The zero-order valence-corrected chi connectivity index (χ0v) is 15.3. The fourth-order valence-electron chi connectivity index (χ4n) is 2.70. The van der Waals surface area contributed by atoms with Gasteiger partial charge in [-0.2, -0.15) is 0 Å². The quantitative estimate of drug-likeness (QED) is 0.524. The Bertz CT molecular complexity index is 883. The maximum absolute atomic E-state index is 11.2. The second-order valence-electron chi connectivity index (χ2n) is 6.19. The maximum Gasteiger partial charge on any atom is 0.221 e. The lowest BCUT2D eigenvalue weighted by Gasteiger charge is -2.10. The van der Waals surface area contributed by atoms with Gasteiger partial charge in [0.1, 0.15) is 18.0 Å². The average Bonchev–Trinajstić information content (AvgIpc) is 2.66. The van der Waals surface area contributed by atoms with Crippen LogP contribution in [-0.4, -0.2) is 22.4 Å². The van der Waals surface area contributed by atoms with E-state index in [9.17, 15) is 4.79 Å². The summed E-state index contributed by atoms with van der Waals surface area (Å²) in [7, 11) is 0. The van der Waals surface area contributed by atoms with Crippen LogP contribution in [0.25, 0.3) is 0 Å². The minimum atomic E-state index is -0.101. The zero-order valence-electron chi connectivity index (χ0n) is 15.3. The Morgan fingerprint density at radius 1 is 0.926 bits per heavy atom.